The van der Waals surface area contributed by atoms with Gasteiger partial charge in [0.2, 0.25) is 0 Å². The molecule has 0 radical (unpaired) electrons. The lowest BCUT2D eigenvalue weighted by molar-refractivity contribution is -0.167. The summed E-state index contributed by atoms with van der Waals surface area (Å²) in [6.45, 7) is 6.51. The van der Waals surface area contributed by atoms with Crippen LogP contribution in [0.25, 0.3) is 0 Å². The van der Waals surface area contributed by atoms with Crippen LogP contribution >= 0.6 is 0 Å². The van der Waals surface area contributed by atoms with E-state index in [9.17, 15) is 14.4 Å². The monoisotopic (exact) mass is 883 g/mol. The average Bonchev–Trinajstić information content (AvgIpc) is 3.28. The molecule has 0 saturated carbocycles. The number of rotatable bonds is 49. The van der Waals surface area contributed by atoms with Gasteiger partial charge in [0.1, 0.15) is 13.2 Å². The largest absolute Gasteiger partial charge is 0.462 e. The first kappa shape index (κ1) is 60.4. The second kappa shape index (κ2) is 52.0. The first-order valence-corrected chi connectivity index (χ1v) is 27.2. The molecule has 0 aromatic rings. The Morgan fingerprint density at radius 3 is 1.02 bits per heavy atom. The quantitative estimate of drug-likeness (QED) is 0.0199. The normalized spacial score (nSPS) is 12.4. The van der Waals surface area contributed by atoms with Crippen LogP contribution in [0.4, 0.5) is 0 Å². The van der Waals surface area contributed by atoms with Crippen molar-refractivity contribution in [3.8, 4) is 0 Å². The number of allylic oxidation sites excluding steroid dienone is 8. The van der Waals surface area contributed by atoms with Gasteiger partial charge in [-0.15, -0.1) is 0 Å². The summed E-state index contributed by atoms with van der Waals surface area (Å²) in [6.07, 6.45) is 62.4. The zero-order valence-corrected chi connectivity index (χ0v) is 41.8. The molecule has 0 aliphatic heterocycles. The van der Waals surface area contributed by atoms with E-state index in [1.54, 1.807) is 0 Å². The van der Waals surface area contributed by atoms with Crippen LogP contribution < -0.4 is 0 Å². The summed E-state index contributed by atoms with van der Waals surface area (Å²) in [6, 6.07) is 0. The molecular weight excluding hydrogens is 781 g/mol. The first-order chi connectivity index (χ1) is 31.0. The second-order valence-corrected chi connectivity index (χ2v) is 18.2. The fourth-order valence-corrected chi connectivity index (χ4v) is 7.79. The highest BCUT2D eigenvalue weighted by Gasteiger charge is 2.19. The molecule has 0 N–H and O–H groups in total. The molecule has 0 saturated heterocycles. The van der Waals surface area contributed by atoms with Crippen molar-refractivity contribution >= 4 is 17.9 Å². The summed E-state index contributed by atoms with van der Waals surface area (Å²) in [5.41, 5.74) is 0. The number of unbranched alkanes of at least 4 members (excludes halogenated alkanes) is 32. The van der Waals surface area contributed by atoms with Crippen LogP contribution in [0.5, 0.6) is 0 Å². The highest BCUT2D eigenvalue weighted by molar-refractivity contribution is 5.71. The highest BCUT2D eigenvalue weighted by Crippen LogP contribution is 2.16. The van der Waals surface area contributed by atoms with E-state index >= 15 is 0 Å². The van der Waals surface area contributed by atoms with Gasteiger partial charge in [0.25, 0.3) is 0 Å². The third-order valence-electron chi connectivity index (χ3n) is 11.9. The smallest absolute Gasteiger partial charge is 0.306 e. The van der Waals surface area contributed by atoms with E-state index in [0.29, 0.717) is 19.3 Å². The van der Waals surface area contributed by atoms with Crippen LogP contribution in [0.2, 0.25) is 0 Å². The number of esters is 3. The lowest BCUT2D eigenvalue weighted by Gasteiger charge is -2.18. The van der Waals surface area contributed by atoms with E-state index in [1.807, 2.05) is 0 Å². The summed E-state index contributed by atoms with van der Waals surface area (Å²) >= 11 is 0. The van der Waals surface area contributed by atoms with E-state index in [-0.39, 0.29) is 31.1 Å². The molecule has 0 fully saturated rings. The van der Waals surface area contributed by atoms with Crippen molar-refractivity contribution in [2.75, 3.05) is 13.2 Å². The van der Waals surface area contributed by atoms with Gasteiger partial charge in [-0.3, -0.25) is 14.4 Å². The van der Waals surface area contributed by atoms with Gasteiger partial charge in [-0.2, -0.15) is 0 Å². The van der Waals surface area contributed by atoms with Crippen molar-refractivity contribution in [3.05, 3.63) is 48.6 Å². The average molecular weight is 883 g/mol. The van der Waals surface area contributed by atoms with E-state index in [0.717, 1.165) is 83.5 Å². The van der Waals surface area contributed by atoms with Gasteiger partial charge >= 0.3 is 17.9 Å². The van der Waals surface area contributed by atoms with Crippen molar-refractivity contribution in [1.82, 2.24) is 0 Å². The Hall–Kier alpha value is -2.63. The van der Waals surface area contributed by atoms with Gasteiger partial charge in [0, 0.05) is 19.3 Å². The Labute approximate surface area is 390 Å². The standard InChI is InChI=1S/C57H102O6/c1-4-7-10-13-16-19-22-25-28-30-32-35-38-41-44-47-50-56(59)62-53-54(52-61-55(58)49-46-43-40-37-34-31-27-24-21-18-15-12-9-6-3)63-57(60)51-48-45-42-39-36-33-29-26-23-20-17-14-11-8-5-2/h8,11,14,17,20,23,31,34,54H,4-7,9-10,12-13,15-16,18-19,21-22,24-30,32-33,35-53H2,1-3H3/b11-8-,17-14-,23-20-,34-31-. The minimum Gasteiger partial charge on any atom is -0.462 e. The molecule has 1 atom stereocenters. The number of carbonyl (C=O) groups is 3. The van der Waals surface area contributed by atoms with E-state index in [2.05, 4.69) is 69.4 Å². The molecule has 6 heteroatoms. The van der Waals surface area contributed by atoms with Crippen LogP contribution in [0, 0.1) is 0 Å². The maximum atomic E-state index is 12.8. The third kappa shape index (κ3) is 50.2. The molecule has 0 amide bonds. The van der Waals surface area contributed by atoms with Crippen molar-refractivity contribution in [2.45, 2.75) is 284 Å². The Morgan fingerprint density at radius 2 is 0.635 bits per heavy atom. The van der Waals surface area contributed by atoms with E-state index in [4.69, 9.17) is 14.2 Å². The molecule has 63 heavy (non-hydrogen) atoms. The van der Waals surface area contributed by atoms with Gasteiger partial charge in [0.15, 0.2) is 6.10 Å². The highest BCUT2D eigenvalue weighted by atomic mass is 16.6. The van der Waals surface area contributed by atoms with Crippen LogP contribution in [0.1, 0.15) is 278 Å². The van der Waals surface area contributed by atoms with Crippen LogP contribution in [0.15, 0.2) is 48.6 Å². The zero-order valence-electron chi connectivity index (χ0n) is 41.8. The number of ether oxygens (including phenoxy) is 3. The predicted octanol–water partition coefficient (Wildman–Crippen LogP) is 17.9. The molecule has 1 unspecified atom stereocenters. The molecule has 0 aliphatic rings. The van der Waals surface area contributed by atoms with Crippen LogP contribution in [-0.4, -0.2) is 37.2 Å². The summed E-state index contributed by atoms with van der Waals surface area (Å²) in [7, 11) is 0. The molecule has 366 valence electrons. The Morgan fingerprint density at radius 1 is 0.333 bits per heavy atom. The number of carbonyl (C=O) groups excluding carboxylic acids is 3. The molecule has 0 aliphatic carbocycles. The second-order valence-electron chi connectivity index (χ2n) is 18.2. The summed E-state index contributed by atoms with van der Waals surface area (Å²) in [5.74, 6) is -0.898. The SMILES string of the molecule is CC\C=C/C=C\C=C/CCCCCCCCCC(=O)OC(COC(=O)CCCCC/C=C\CCCCCCCCC)COC(=O)CCCCCCCCCCCCCCCCCC. The maximum absolute atomic E-state index is 12.8. The molecule has 6 nitrogen and oxygen atoms in total. The zero-order chi connectivity index (χ0) is 45.8. The Kier molecular flexibility index (Phi) is 49.8. The lowest BCUT2D eigenvalue weighted by atomic mass is 10.0. The lowest BCUT2D eigenvalue weighted by Crippen LogP contribution is -2.30. The Balaban J connectivity index is 4.38. The van der Waals surface area contributed by atoms with Crippen molar-refractivity contribution in [1.29, 1.82) is 0 Å². The van der Waals surface area contributed by atoms with E-state index in [1.165, 1.54) is 154 Å². The van der Waals surface area contributed by atoms with Gasteiger partial charge in [0.05, 0.1) is 0 Å². The van der Waals surface area contributed by atoms with Crippen molar-refractivity contribution in [2.24, 2.45) is 0 Å². The molecule has 0 aromatic heterocycles. The minimum atomic E-state index is -0.782. The van der Waals surface area contributed by atoms with Crippen LogP contribution in [0.3, 0.4) is 0 Å². The fourth-order valence-electron chi connectivity index (χ4n) is 7.79. The first-order valence-electron chi connectivity index (χ1n) is 27.2. The summed E-state index contributed by atoms with van der Waals surface area (Å²) in [5, 5.41) is 0. The molecule has 0 spiro atoms. The molecule has 0 bridgehead atoms. The van der Waals surface area contributed by atoms with Crippen molar-refractivity contribution in [3.63, 3.8) is 0 Å². The summed E-state index contributed by atoms with van der Waals surface area (Å²) in [4.78, 5) is 38.0. The van der Waals surface area contributed by atoms with E-state index < -0.39 is 6.10 Å². The number of hydrogen-bond acceptors (Lipinski definition) is 6. The van der Waals surface area contributed by atoms with Gasteiger partial charge in [-0.25, -0.2) is 0 Å². The Bertz CT molecular complexity index is 1110. The summed E-state index contributed by atoms with van der Waals surface area (Å²) < 4.78 is 16.8. The molecule has 0 aromatic carbocycles. The van der Waals surface area contributed by atoms with Gasteiger partial charge in [-0.05, 0) is 64.2 Å². The predicted molar refractivity (Wildman–Crippen MR) is 270 cm³/mol. The minimum absolute atomic E-state index is 0.0801. The van der Waals surface area contributed by atoms with Gasteiger partial charge in [-0.1, -0.05) is 243 Å². The molecule has 0 heterocycles. The van der Waals surface area contributed by atoms with Gasteiger partial charge < -0.3 is 14.2 Å². The van der Waals surface area contributed by atoms with Crippen molar-refractivity contribution < 1.29 is 28.6 Å². The molecule has 0 rings (SSSR count). The topological polar surface area (TPSA) is 78.9 Å². The number of hydrogen-bond donors (Lipinski definition) is 0. The fraction of sp³-hybridized carbons (Fsp3) is 0.807. The van der Waals surface area contributed by atoms with Crippen LogP contribution in [-0.2, 0) is 28.6 Å². The third-order valence-corrected chi connectivity index (χ3v) is 11.9. The molecular formula is C57H102O6. The maximum Gasteiger partial charge on any atom is 0.306 e.